The minimum absolute atomic E-state index is 0.275. The van der Waals surface area contributed by atoms with Gasteiger partial charge in [0.25, 0.3) is 0 Å². The predicted octanol–water partition coefficient (Wildman–Crippen LogP) is 2.26. The molecular formula is C11H17NO2S. The van der Waals surface area contributed by atoms with Crippen LogP contribution in [0.15, 0.2) is 11.4 Å². The van der Waals surface area contributed by atoms with Crippen LogP contribution in [0.2, 0.25) is 0 Å². The lowest BCUT2D eigenvalue weighted by Crippen LogP contribution is -2.37. The Morgan fingerprint density at radius 2 is 2.20 bits per heavy atom. The first-order chi connectivity index (χ1) is 6.91. The van der Waals surface area contributed by atoms with Crippen LogP contribution in [0.3, 0.4) is 0 Å². The molecule has 0 aliphatic heterocycles. The van der Waals surface area contributed by atoms with Crippen LogP contribution < -0.4 is 5.73 Å². The predicted molar refractivity (Wildman–Crippen MR) is 61.8 cm³/mol. The molecule has 0 amide bonds. The monoisotopic (exact) mass is 227 g/mol. The molecule has 1 atom stereocenters. The molecule has 1 heterocycles. The summed E-state index contributed by atoms with van der Waals surface area (Å²) in [7, 11) is 1.39. The van der Waals surface area contributed by atoms with Crippen molar-refractivity contribution < 1.29 is 9.53 Å². The molecule has 1 aromatic heterocycles. The number of thiophene rings is 1. The van der Waals surface area contributed by atoms with Crippen LogP contribution in [-0.2, 0) is 9.53 Å². The topological polar surface area (TPSA) is 52.3 Å². The standard InChI is InChI=1S/C11H17NO2S/c1-7-5-6-15-8(7)9(12)11(2,3)10(13)14-4/h5-6,9H,12H2,1-4H3/t9-/m0/s1. The molecular weight excluding hydrogens is 210 g/mol. The Labute approximate surface area is 94.2 Å². The van der Waals surface area contributed by atoms with Crippen molar-refractivity contribution in [2.24, 2.45) is 11.1 Å². The van der Waals surface area contributed by atoms with Gasteiger partial charge >= 0.3 is 5.97 Å². The van der Waals surface area contributed by atoms with E-state index in [1.165, 1.54) is 7.11 Å². The second-order valence-electron chi connectivity index (χ2n) is 4.16. The molecule has 0 spiro atoms. The minimum atomic E-state index is -0.690. The molecule has 1 rings (SSSR count). The van der Waals surface area contributed by atoms with E-state index in [0.717, 1.165) is 10.4 Å². The van der Waals surface area contributed by atoms with Gasteiger partial charge in [-0.2, -0.15) is 0 Å². The van der Waals surface area contributed by atoms with Gasteiger partial charge in [0, 0.05) is 4.88 Å². The number of carbonyl (C=O) groups excluding carboxylic acids is 1. The smallest absolute Gasteiger partial charge is 0.313 e. The van der Waals surface area contributed by atoms with Crippen LogP contribution in [-0.4, -0.2) is 13.1 Å². The summed E-state index contributed by atoms with van der Waals surface area (Å²) in [5.41, 5.74) is 6.54. The van der Waals surface area contributed by atoms with Crippen molar-refractivity contribution in [1.82, 2.24) is 0 Å². The van der Waals surface area contributed by atoms with Crippen molar-refractivity contribution in [2.45, 2.75) is 26.8 Å². The molecule has 0 saturated heterocycles. The van der Waals surface area contributed by atoms with E-state index >= 15 is 0 Å². The van der Waals surface area contributed by atoms with Crippen molar-refractivity contribution >= 4 is 17.3 Å². The summed E-state index contributed by atoms with van der Waals surface area (Å²) in [6.07, 6.45) is 0. The van der Waals surface area contributed by atoms with Crippen LogP contribution >= 0.6 is 11.3 Å². The molecule has 84 valence electrons. The van der Waals surface area contributed by atoms with Crippen LogP contribution in [0, 0.1) is 12.3 Å². The van der Waals surface area contributed by atoms with Gasteiger partial charge in [0.15, 0.2) is 0 Å². The van der Waals surface area contributed by atoms with Crippen molar-refractivity contribution in [1.29, 1.82) is 0 Å². The summed E-state index contributed by atoms with van der Waals surface area (Å²) in [6, 6.07) is 1.69. The van der Waals surface area contributed by atoms with Crippen molar-refractivity contribution in [3.63, 3.8) is 0 Å². The molecule has 0 bridgehead atoms. The number of nitrogens with two attached hydrogens (primary N) is 1. The van der Waals surface area contributed by atoms with Gasteiger partial charge in [-0.3, -0.25) is 4.79 Å². The van der Waals surface area contributed by atoms with Crippen molar-refractivity contribution in [3.05, 3.63) is 21.9 Å². The van der Waals surface area contributed by atoms with Crippen LogP contribution in [0.25, 0.3) is 0 Å². The van der Waals surface area contributed by atoms with Gasteiger partial charge in [-0.15, -0.1) is 11.3 Å². The highest BCUT2D eigenvalue weighted by Gasteiger charge is 2.37. The number of hydrogen-bond acceptors (Lipinski definition) is 4. The van der Waals surface area contributed by atoms with E-state index in [-0.39, 0.29) is 12.0 Å². The molecule has 0 radical (unpaired) electrons. The normalized spacial score (nSPS) is 13.7. The van der Waals surface area contributed by atoms with Crippen LogP contribution in [0.1, 0.15) is 30.3 Å². The SMILES string of the molecule is COC(=O)C(C)(C)[C@@H](N)c1sccc1C. The summed E-state index contributed by atoms with van der Waals surface area (Å²) < 4.78 is 4.76. The quantitative estimate of drug-likeness (QED) is 0.806. The van der Waals surface area contributed by atoms with Crippen molar-refractivity contribution in [2.75, 3.05) is 7.11 Å². The summed E-state index contributed by atoms with van der Waals surface area (Å²) in [5.74, 6) is -0.275. The number of rotatable bonds is 3. The third kappa shape index (κ3) is 2.21. The summed E-state index contributed by atoms with van der Waals surface area (Å²) in [6.45, 7) is 5.62. The summed E-state index contributed by atoms with van der Waals surface area (Å²) in [5, 5.41) is 1.98. The fraction of sp³-hybridized carbons (Fsp3) is 0.545. The Morgan fingerprint density at radius 3 is 2.60 bits per heavy atom. The Kier molecular flexibility index (Phi) is 3.52. The van der Waals surface area contributed by atoms with Gasteiger partial charge in [0.1, 0.15) is 0 Å². The van der Waals surface area contributed by atoms with E-state index in [1.807, 2.05) is 32.2 Å². The number of ether oxygens (including phenoxy) is 1. The van der Waals surface area contributed by atoms with Crippen molar-refractivity contribution in [3.8, 4) is 0 Å². The Bertz CT molecular complexity index is 357. The molecule has 0 saturated carbocycles. The zero-order valence-corrected chi connectivity index (χ0v) is 10.4. The first-order valence-corrected chi connectivity index (χ1v) is 5.67. The van der Waals surface area contributed by atoms with E-state index in [2.05, 4.69) is 0 Å². The average Bonchev–Trinajstić information content (AvgIpc) is 2.61. The zero-order valence-electron chi connectivity index (χ0n) is 9.53. The minimum Gasteiger partial charge on any atom is -0.469 e. The number of esters is 1. The van der Waals surface area contributed by atoms with Gasteiger partial charge in [-0.1, -0.05) is 0 Å². The molecule has 0 unspecified atom stereocenters. The number of aryl methyl sites for hydroxylation is 1. The maximum Gasteiger partial charge on any atom is 0.313 e. The highest BCUT2D eigenvalue weighted by Crippen LogP contribution is 2.36. The molecule has 0 aliphatic rings. The third-order valence-corrected chi connectivity index (χ3v) is 3.78. The number of carbonyl (C=O) groups is 1. The van der Waals surface area contributed by atoms with E-state index in [9.17, 15) is 4.79 Å². The largest absolute Gasteiger partial charge is 0.469 e. The summed E-state index contributed by atoms with van der Waals surface area (Å²) >= 11 is 1.58. The Hall–Kier alpha value is -0.870. The highest BCUT2D eigenvalue weighted by molar-refractivity contribution is 7.10. The van der Waals surface area contributed by atoms with Gasteiger partial charge in [-0.25, -0.2) is 0 Å². The number of hydrogen-bond donors (Lipinski definition) is 1. The second kappa shape index (κ2) is 4.33. The van der Waals surface area contributed by atoms with E-state index in [1.54, 1.807) is 11.3 Å². The molecule has 15 heavy (non-hydrogen) atoms. The average molecular weight is 227 g/mol. The van der Waals surface area contributed by atoms with Gasteiger partial charge < -0.3 is 10.5 Å². The van der Waals surface area contributed by atoms with Gasteiger partial charge in [0.05, 0.1) is 18.6 Å². The Balaban J connectivity index is 2.99. The van der Waals surface area contributed by atoms with E-state index in [0.29, 0.717) is 0 Å². The van der Waals surface area contributed by atoms with Crippen LogP contribution in [0.5, 0.6) is 0 Å². The maximum absolute atomic E-state index is 11.6. The molecule has 0 fully saturated rings. The molecule has 1 aromatic rings. The maximum atomic E-state index is 11.6. The fourth-order valence-electron chi connectivity index (χ4n) is 1.42. The first kappa shape index (κ1) is 12.2. The second-order valence-corrected chi connectivity index (χ2v) is 5.11. The van der Waals surface area contributed by atoms with Gasteiger partial charge in [-0.05, 0) is 37.8 Å². The number of methoxy groups -OCH3 is 1. The fourth-order valence-corrected chi connectivity index (χ4v) is 2.53. The molecule has 3 nitrogen and oxygen atoms in total. The molecule has 4 heteroatoms. The molecule has 0 aromatic carbocycles. The summed E-state index contributed by atoms with van der Waals surface area (Å²) in [4.78, 5) is 12.6. The van der Waals surface area contributed by atoms with Crippen LogP contribution in [0.4, 0.5) is 0 Å². The Morgan fingerprint density at radius 1 is 1.60 bits per heavy atom. The first-order valence-electron chi connectivity index (χ1n) is 4.79. The van der Waals surface area contributed by atoms with E-state index < -0.39 is 5.41 Å². The van der Waals surface area contributed by atoms with Gasteiger partial charge in [0.2, 0.25) is 0 Å². The lowest BCUT2D eigenvalue weighted by atomic mass is 9.83. The lowest BCUT2D eigenvalue weighted by Gasteiger charge is -2.28. The molecule has 0 aliphatic carbocycles. The highest BCUT2D eigenvalue weighted by atomic mass is 32.1. The lowest BCUT2D eigenvalue weighted by molar-refractivity contribution is -0.152. The zero-order chi connectivity index (χ0) is 11.6. The van der Waals surface area contributed by atoms with E-state index in [4.69, 9.17) is 10.5 Å². The third-order valence-electron chi connectivity index (χ3n) is 2.67. The molecule has 2 N–H and O–H groups in total.